The minimum Gasteiger partial charge on any atom is -0.372 e. The van der Waals surface area contributed by atoms with Crippen LogP contribution in [0.15, 0.2) is 35.7 Å². The Morgan fingerprint density at radius 2 is 2.11 bits per heavy atom. The maximum atomic E-state index is 14.0. The van der Waals surface area contributed by atoms with Crippen molar-refractivity contribution in [1.29, 1.82) is 0 Å². The summed E-state index contributed by atoms with van der Waals surface area (Å²) in [6.45, 7) is 2.66. The number of likely N-dealkylation sites (N-methyl/N-ethyl adjacent to an activating group) is 1. The molecule has 2 aromatic rings. The summed E-state index contributed by atoms with van der Waals surface area (Å²) in [6, 6.07) is 9.07. The second kappa shape index (κ2) is 6.17. The van der Waals surface area contributed by atoms with Gasteiger partial charge >= 0.3 is 0 Å². The van der Waals surface area contributed by atoms with Crippen LogP contribution in [0.1, 0.15) is 23.4 Å². The minimum atomic E-state index is -0.205. The number of halogens is 1. The van der Waals surface area contributed by atoms with Crippen molar-refractivity contribution in [3.8, 4) is 0 Å². The van der Waals surface area contributed by atoms with Crippen molar-refractivity contribution in [3.63, 3.8) is 0 Å². The summed E-state index contributed by atoms with van der Waals surface area (Å²) in [7, 11) is 1.91. The second-order valence-electron chi connectivity index (χ2n) is 4.72. The van der Waals surface area contributed by atoms with E-state index in [1.165, 1.54) is 10.9 Å². The molecule has 2 nitrogen and oxygen atoms in total. The van der Waals surface area contributed by atoms with Gasteiger partial charge in [0, 0.05) is 24.5 Å². The van der Waals surface area contributed by atoms with Crippen LogP contribution in [-0.4, -0.2) is 13.6 Å². The summed E-state index contributed by atoms with van der Waals surface area (Å²) in [6.07, 6.45) is 0.918. The van der Waals surface area contributed by atoms with Gasteiger partial charge in [0.2, 0.25) is 0 Å². The summed E-state index contributed by atoms with van der Waals surface area (Å²) in [5.74, 6) is -0.205. The van der Waals surface area contributed by atoms with E-state index in [1.54, 1.807) is 17.4 Å². The lowest BCUT2D eigenvalue weighted by Gasteiger charge is -2.24. The molecule has 0 fully saturated rings. The first-order valence-electron chi connectivity index (χ1n) is 6.37. The normalized spacial score (nSPS) is 12.4. The lowest BCUT2D eigenvalue weighted by molar-refractivity contribution is 0.616. The first-order valence-corrected chi connectivity index (χ1v) is 7.25. The number of anilines is 1. The van der Waals surface area contributed by atoms with Gasteiger partial charge in [-0.25, -0.2) is 4.39 Å². The third kappa shape index (κ3) is 3.33. The van der Waals surface area contributed by atoms with Crippen molar-refractivity contribution in [2.75, 3.05) is 18.5 Å². The van der Waals surface area contributed by atoms with Crippen LogP contribution in [0.3, 0.4) is 0 Å². The fourth-order valence-corrected chi connectivity index (χ4v) is 2.84. The molecule has 0 saturated carbocycles. The molecule has 0 radical (unpaired) electrons. The van der Waals surface area contributed by atoms with Crippen LogP contribution in [0, 0.1) is 5.82 Å². The van der Waals surface area contributed by atoms with Crippen LogP contribution < -0.4 is 10.6 Å². The summed E-state index contributed by atoms with van der Waals surface area (Å²) < 4.78 is 14.0. The van der Waals surface area contributed by atoms with E-state index in [4.69, 9.17) is 5.73 Å². The average Bonchev–Trinajstić information content (AvgIpc) is 2.88. The monoisotopic (exact) mass is 278 g/mol. The highest BCUT2D eigenvalue weighted by atomic mass is 32.1. The van der Waals surface area contributed by atoms with Crippen molar-refractivity contribution in [3.05, 3.63) is 52.0 Å². The zero-order chi connectivity index (χ0) is 13.8. The van der Waals surface area contributed by atoms with Gasteiger partial charge in [-0.05, 0) is 36.4 Å². The highest BCUT2D eigenvalue weighted by Gasteiger charge is 2.15. The summed E-state index contributed by atoms with van der Waals surface area (Å²) in [4.78, 5) is 3.26. The molecule has 102 valence electrons. The summed E-state index contributed by atoms with van der Waals surface area (Å²) in [5.41, 5.74) is 7.40. The van der Waals surface area contributed by atoms with Crippen LogP contribution in [0.25, 0.3) is 0 Å². The van der Waals surface area contributed by atoms with E-state index in [0.29, 0.717) is 5.69 Å². The van der Waals surface area contributed by atoms with Crippen molar-refractivity contribution < 1.29 is 4.39 Å². The maximum absolute atomic E-state index is 14.0. The van der Waals surface area contributed by atoms with Crippen LogP contribution in [-0.2, 0) is 6.42 Å². The molecule has 1 atom stereocenters. The molecule has 0 aliphatic rings. The first kappa shape index (κ1) is 14.0. The number of nitrogens with zero attached hydrogens (tertiary/aromatic N) is 1. The standard InChI is InChI=1S/C15H19FN2S/c1-11(17)13-6-3-7-14(16)15(13)18(2)9-8-12-5-4-10-19-12/h3-7,10-11H,8-9,17H2,1-2H3/t11-/m1/s1. The first-order chi connectivity index (χ1) is 9.09. The van der Waals surface area contributed by atoms with Gasteiger partial charge in [0.15, 0.2) is 0 Å². The third-order valence-corrected chi connectivity index (χ3v) is 4.10. The number of hydrogen-bond donors (Lipinski definition) is 1. The molecule has 0 spiro atoms. The summed E-state index contributed by atoms with van der Waals surface area (Å²) in [5, 5.41) is 2.06. The van der Waals surface area contributed by atoms with Gasteiger partial charge in [0.25, 0.3) is 0 Å². The Morgan fingerprint density at radius 1 is 1.32 bits per heavy atom. The maximum Gasteiger partial charge on any atom is 0.146 e. The predicted molar refractivity (Wildman–Crippen MR) is 80.3 cm³/mol. The lowest BCUT2D eigenvalue weighted by atomic mass is 10.1. The van der Waals surface area contributed by atoms with Crippen molar-refractivity contribution in [2.24, 2.45) is 5.73 Å². The van der Waals surface area contributed by atoms with E-state index in [0.717, 1.165) is 18.5 Å². The van der Waals surface area contributed by atoms with Gasteiger partial charge in [0.1, 0.15) is 5.82 Å². The smallest absolute Gasteiger partial charge is 0.146 e. The largest absolute Gasteiger partial charge is 0.372 e. The molecule has 2 N–H and O–H groups in total. The molecule has 0 aliphatic heterocycles. The Balaban J connectivity index is 2.16. The van der Waals surface area contributed by atoms with Crippen molar-refractivity contribution >= 4 is 17.0 Å². The fraction of sp³-hybridized carbons (Fsp3) is 0.333. The van der Waals surface area contributed by atoms with E-state index in [-0.39, 0.29) is 11.9 Å². The molecule has 1 aromatic carbocycles. The molecule has 2 rings (SSSR count). The third-order valence-electron chi connectivity index (χ3n) is 3.16. The van der Waals surface area contributed by atoms with Crippen LogP contribution in [0.5, 0.6) is 0 Å². The Bertz CT molecular complexity index is 523. The number of para-hydroxylation sites is 1. The quantitative estimate of drug-likeness (QED) is 0.905. The van der Waals surface area contributed by atoms with Gasteiger partial charge in [-0.15, -0.1) is 11.3 Å². The Labute approximate surface area is 117 Å². The molecule has 0 unspecified atom stereocenters. The van der Waals surface area contributed by atoms with Crippen LogP contribution in [0.2, 0.25) is 0 Å². The Kier molecular flexibility index (Phi) is 4.56. The van der Waals surface area contributed by atoms with Crippen LogP contribution in [0.4, 0.5) is 10.1 Å². The van der Waals surface area contributed by atoms with Gasteiger partial charge < -0.3 is 10.6 Å². The van der Waals surface area contributed by atoms with Crippen molar-refractivity contribution in [1.82, 2.24) is 0 Å². The lowest BCUT2D eigenvalue weighted by Crippen LogP contribution is -2.24. The topological polar surface area (TPSA) is 29.3 Å². The van der Waals surface area contributed by atoms with E-state index in [2.05, 4.69) is 11.4 Å². The molecule has 0 amide bonds. The van der Waals surface area contributed by atoms with Crippen LogP contribution >= 0.6 is 11.3 Å². The molecule has 1 heterocycles. The molecule has 1 aromatic heterocycles. The fourth-order valence-electron chi connectivity index (χ4n) is 2.15. The molecule has 19 heavy (non-hydrogen) atoms. The highest BCUT2D eigenvalue weighted by molar-refractivity contribution is 7.09. The molecular weight excluding hydrogens is 259 g/mol. The number of rotatable bonds is 5. The predicted octanol–water partition coefficient (Wildman–Crippen LogP) is 3.59. The molecular formula is C15H19FN2S. The number of thiophene rings is 1. The molecule has 4 heteroatoms. The van der Waals surface area contributed by atoms with Gasteiger partial charge in [0.05, 0.1) is 5.69 Å². The van der Waals surface area contributed by atoms with E-state index in [9.17, 15) is 4.39 Å². The van der Waals surface area contributed by atoms with E-state index in [1.807, 2.05) is 31.0 Å². The minimum absolute atomic E-state index is 0.171. The van der Waals surface area contributed by atoms with Gasteiger partial charge in [-0.1, -0.05) is 18.2 Å². The number of nitrogens with two attached hydrogens (primary N) is 1. The van der Waals surface area contributed by atoms with E-state index < -0.39 is 0 Å². The number of hydrogen-bond acceptors (Lipinski definition) is 3. The zero-order valence-electron chi connectivity index (χ0n) is 11.3. The van der Waals surface area contributed by atoms with Gasteiger partial charge in [-0.3, -0.25) is 0 Å². The Morgan fingerprint density at radius 3 is 2.74 bits per heavy atom. The Hall–Kier alpha value is -1.39. The second-order valence-corrected chi connectivity index (χ2v) is 5.75. The van der Waals surface area contributed by atoms with E-state index >= 15 is 0 Å². The number of benzene rings is 1. The summed E-state index contributed by atoms with van der Waals surface area (Å²) >= 11 is 1.73. The van der Waals surface area contributed by atoms with Gasteiger partial charge in [-0.2, -0.15) is 0 Å². The average molecular weight is 278 g/mol. The zero-order valence-corrected chi connectivity index (χ0v) is 12.1. The van der Waals surface area contributed by atoms with Crippen molar-refractivity contribution in [2.45, 2.75) is 19.4 Å². The molecule has 0 saturated heterocycles. The highest BCUT2D eigenvalue weighted by Crippen LogP contribution is 2.27. The SMILES string of the molecule is C[C@@H](N)c1cccc(F)c1N(C)CCc1cccs1. The molecule has 0 aliphatic carbocycles. The molecule has 0 bridgehead atoms.